The molecule has 3 rings (SSSR count). The molecule has 0 unspecified atom stereocenters. The van der Waals surface area contributed by atoms with Crippen LogP contribution in [0.25, 0.3) is 22.1 Å². The smallest absolute Gasteiger partial charge is 0.336 e. The first-order valence-corrected chi connectivity index (χ1v) is 7.39. The van der Waals surface area contributed by atoms with Crippen molar-refractivity contribution in [2.75, 3.05) is 0 Å². The number of hydrogen-bond donors (Lipinski definition) is 0. The molecule has 4 nitrogen and oxygen atoms in total. The van der Waals surface area contributed by atoms with Gasteiger partial charge in [-0.2, -0.15) is 0 Å². The molecule has 0 radical (unpaired) electrons. The van der Waals surface area contributed by atoms with Gasteiger partial charge in [-0.15, -0.1) is 0 Å². The number of carbonyl (C=O) groups excluding carboxylic acids is 1. The largest absolute Gasteiger partial charge is 0.426 e. The van der Waals surface area contributed by atoms with Crippen LogP contribution in [0.4, 0.5) is 0 Å². The summed E-state index contributed by atoms with van der Waals surface area (Å²) in [4.78, 5) is 23.5. The van der Waals surface area contributed by atoms with E-state index in [1.165, 1.54) is 6.07 Å². The molecule has 4 heteroatoms. The van der Waals surface area contributed by atoms with Gasteiger partial charge in [-0.05, 0) is 23.3 Å². The Morgan fingerprint density at radius 3 is 2.48 bits per heavy atom. The van der Waals surface area contributed by atoms with Crippen molar-refractivity contribution in [3.63, 3.8) is 0 Å². The zero-order chi connectivity index (χ0) is 16.4. The van der Waals surface area contributed by atoms with E-state index in [2.05, 4.69) is 0 Å². The highest BCUT2D eigenvalue weighted by atomic mass is 16.5. The number of fused-ring (bicyclic) bond motifs is 1. The highest BCUT2D eigenvalue weighted by Gasteiger charge is 2.12. The Labute approximate surface area is 133 Å². The lowest BCUT2D eigenvalue weighted by atomic mass is 10.0. The van der Waals surface area contributed by atoms with Gasteiger partial charge in [-0.1, -0.05) is 44.2 Å². The molecule has 0 aliphatic carbocycles. The second kappa shape index (κ2) is 6.08. The minimum atomic E-state index is -0.441. The van der Waals surface area contributed by atoms with Crippen molar-refractivity contribution in [3.8, 4) is 16.9 Å². The Morgan fingerprint density at radius 2 is 1.78 bits per heavy atom. The standard InChI is InChI=1S/C19H16O4/c1-12(2)19(21)22-14-8-9-15-16(13-6-4-3-5-7-13)11-18(20)23-17(15)10-14/h3-12H,1-2H3. The van der Waals surface area contributed by atoms with E-state index < -0.39 is 5.63 Å². The Hall–Kier alpha value is -2.88. The summed E-state index contributed by atoms with van der Waals surface area (Å²) in [6.07, 6.45) is 0. The first-order valence-electron chi connectivity index (χ1n) is 7.39. The van der Waals surface area contributed by atoms with E-state index in [1.807, 2.05) is 30.3 Å². The first kappa shape index (κ1) is 15.0. The molecule has 0 aliphatic rings. The summed E-state index contributed by atoms with van der Waals surface area (Å²) in [6, 6.07) is 16.1. The van der Waals surface area contributed by atoms with Crippen LogP contribution in [0.1, 0.15) is 13.8 Å². The molecule has 0 bridgehead atoms. The van der Waals surface area contributed by atoms with Crippen molar-refractivity contribution in [2.24, 2.45) is 5.92 Å². The van der Waals surface area contributed by atoms with E-state index in [0.717, 1.165) is 16.5 Å². The van der Waals surface area contributed by atoms with Crippen LogP contribution >= 0.6 is 0 Å². The molecule has 0 saturated carbocycles. The fourth-order valence-corrected chi connectivity index (χ4v) is 2.30. The van der Waals surface area contributed by atoms with Crippen LogP contribution < -0.4 is 10.4 Å². The molecule has 0 atom stereocenters. The highest BCUT2D eigenvalue weighted by Crippen LogP contribution is 2.29. The Kier molecular flexibility index (Phi) is 3.98. The van der Waals surface area contributed by atoms with Gasteiger partial charge < -0.3 is 9.15 Å². The van der Waals surface area contributed by atoms with Gasteiger partial charge in [-0.25, -0.2) is 4.79 Å². The van der Waals surface area contributed by atoms with E-state index in [1.54, 1.807) is 32.0 Å². The van der Waals surface area contributed by atoms with E-state index in [4.69, 9.17) is 9.15 Å². The molecule has 23 heavy (non-hydrogen) atoms. The molecule has 1 heterocycles. The van der Waals surface area contributed by atoms with E-state index in [-0.39, 0.29) is 11.9 Å². The predicted octanol–water partition coefficient (Wildman–Crippen LogP) is 4.02. The number of rotatable bonds is 3. The van der Waals surface area contributed by atoms with E-state index in [0.29, 0.717) is 11.3 Å². The average molecular weight is 308 g/mol. The summed E-state index contributed by atoms with van der Waals surface area (Å²) < 4.78 is 10.5. The normalized spacial score (nSPS) is 10.9. The molecule has 0 fully saturated rings. The van der Waals surface area contributed by atoms with Crippen molar-refractivity contribution >= 4 is 16.9 Å². The van der Waals surface area contributed by atoms with Crippen molar-refractivity contribution in [3.05, 3.63) is 65.0 Å². The Morgan fingerprint density at radius 1 is 1.04 bits per heavy atom. The van der Waals surface area contributed by atoms with Crippen LogP contribution in [0.15, 0.2) is 63.8 Å². The lowest BCUT2D eigenvalue weighted by Gasteiger charge is -2.09. The van der Waals surface area contributed by atoms with Crippen LogP contribution in [0.3, 0.4) is 0 Å². The maximum Gasteiger partial charge on any atom is 0.336 e. The zero-order valence-corrected chi connectivity index (χ0v) is 12.9. The second-order valence-corrected chi connectivity index (χ2v) is 5.58. The fraction of sp³-hybridized carbons (Fsp3) is 0.158. The molecule has 0 amide bonds. The molecule has 1 aromatic heterocycles. The van der Waals surface area contributed by atoms with Crippen molar-refractivity contribution < 1.29 is 13.9 Å². The molecule has 3 aromatic rings. The van der Waals surface area contributed by atoms with Crippen molar-refractivity contribution in [2.45, 2.75) is 13.8 Å². The van der Waals surface area contributed by atoms with Gasteiger partial charge in [-0.3, -0.25) is 4.79 Å². The molecule has 116 valence electrons. The lowest BCUT2D eigenvalue weighted by Crippen LogP contribution is -2.14. The summed E-state index contributed by atoms with van der Waals surface area (Å²) in [5.41, 5.74) is 1.67. The molecule has 2 aromatic carbocycles. The topological polar surface area (TPSA) is 56.5 Å². The summed E-state index contributed by atoms with van der Waals surface area (Å²) in [5.74, 6) is -0.191. The lowest BCUT2D eigenvalue weighted by molar-refractivity contribution is -0.137. The molecule has 0 aliphatic heterocycles. The van der Waals surface area contributed by atoms with Crippen LogP contribution in [-0.4, -0.2) is 5.97 Å². The first-order chi connectivity index (χ1) is 11.0. The molecule has 0 N–H and O–H groups in total. The summed E-state index contributed by atoms with van der Waals surface area (Å²) in [6.45, 7) is 3.52. The quantitative estimate of drug-likeness (QED) is 0.416. The number of carbonyl (C=O) groups is 1. The molecular weight excluding hydrogens is 292 g/mol. The van der Waals surface area contributed by atoms with Gasteiger partial charge in [0.25, 0.3) is 0 Å². The van der Waals surface area contributed by atoms with Gasteiger partial charge in [0.2, 0.25) is 0 Å². The van der Waals surface area contributed by atoms with Gasteiger partial charge >= 0.3 is 11.6 Å². The molecular formula is C19H16O4. The average Bonchev–Trinajstić information content (AvgIpc) is 2.54. The zero-order valence-electron chi connectivity index (χ0n) is 12.9. The summed E-state index contributed by atoms with van der Waals surface area (Å²) >= 11 is 0. The van der Waals surface area contributed by atoms with Crippen LogP contribution in [0.2, 0.25) is 0 Å². The predicted molar refractivity (Wildman–Crippen MR) is 88.4 cm³/mol. The SMILES string of the molecule is CC(C)C(=O)Oc1ccc2c(-c3ccccc3)cc(=O)oc2c1. The van der Waals surface area contributed by atoms with E-state index in [9.17, 15) is 9.59 Å². The fourth-order valence-electron chi connectivity index (χ4n) is 2.30. The van der Waals surface area contributed by atoms with Gasteiger partial charge in [0.05, 0.1) is 5.92 Å². The maximum absolute atomic E-state index is 11.8. The number of benzene rings is 2. The van der Waals surface area contributed by atoms with Crippen LogP contribution in [0, 0.1) is 5.92 Å². The minimum Gasteiger partial charge on any atom is -0.426 e. The van der Waals surface area contributed by atoms with Crippen LogP contribution in [0.5, 0.6) is 5.75 Å². The van der Waals surface area contributed by atoms with E-state index >= 15 is 0 Å². The van der Waals surface area contributed by atoms with Gasteiger partial charge in [0, 0.05) is 17.5 Å². The third-order valence-electron chi connectivity index (χ3n) is 3.49. The number of ether oxygens (including phenoxy) is 1. The second-order valence-electron chi connectivity index (χ2n) is 5.58. The number of esters is 1. The van der Waals surface area contributed by atoms with Crippen molar-refractivity contribution in [1.82, 2.24) is 0 Å². The number of hydrogen-bond acceptors (Lipinski definition) is 4. The third kappa shape index (κ3) is 3.16. The third-order valence-corrected chi connectivity index (χ3v) is 3.49. The Bertz CT molecular complexity index is 908. The summed E-state index contributed by atoms with van der Waals surface area (Å²) in [7, 11) is 0. The summed E-state index contributed by atoms with van der Waals surface area (Å²) in [5, 5.41) is 0.792. The van der Waals surface area contributed by atoms with Gasteiger partial charge in [0.1, 0.15) is 11.3 Å². The molecule has 0 spiro atoms. The highest BCUT2D eigenvalue weighted by molar-refractivity contribution is 5.94. The van der Waals surface area contributed by atoms with Crippen molar-refractivity contribution in [1.29, 1.82) is 0 Å². The Balaban J connectivity index is 2.11. The van der Waals surface area contributed by atoms with Gasteiger partial charge in [0.15, 0.2) is 0 Å². The maximum atomic E-state index is 11.8. The van der Waals surface area contributed by atoms with Crippen LogP contribution in [-0.2, 0) is 4.79 Å². The monoisotopic (exact) mass is 308 g/mol. The molecule has 0 saturated heterocycles. The minimum absolute atomic E-state index is 0.228.